The molecule has 0 aliphatic carbocycles. The lowest BCUT2D eigenvalue weighted by molar-refractivity contribution is -0.132. The molecule has 29 heavy (non-hydrogen) atoms. The van der Waals surface area contributed by atoms with Gasteiger partial charge in [-0.1, -0.05) is 12.1 Å². The highest BCUT2D eigenvalue weighted by atomic mass is 16.5. The van der Waals surface area contributed by atoms with Crippen molar-refractivity contribution in [3.05, 3.63) is 53.9 Å². The minimum atomic E-state index is 0.167. The van der Waals surface area contributed by atoms with E-state index in [0.29, 0.717) is 32.7 Å². The minimum Gasteiger partial charge on any atom is -0.490 e. The van der Waals surface area contributed by atoms with Gasteiger partial charge >= 0.3 is 0 Å². The normalized spacial score (nSPS) is 13.4. The smallest absolute Gasteiger partial charge is 0.224 e. The van der Waals surface area contributed by atoms with E-state index in [2.05, 4.69) is 11.1 Å². The zero-order valence-electron chi connectivity index (χ0n) is 17.1. The molecule has 6 heteroatoms. The number of nitrogens with zero attached hydrogens (tertiary/aromatic N) is 3. The average molecular weight is 393 g/mol. The third-order valence-electron chi connectivity index (χ3n) is 5.32. The number of para-hydroxylation sites is 2. The quantitative estimate of drug-likeness (QED) is 0.613. The lowest BCUT2D eigenvalue weighted by Gasteiger charge is -2.30. The molecule has 0 radical (unpaired) electrons. The van der Waals surface area contributed by atoms with Gasteiger partial charge in [-0.3, -0.25) is 4.79 Å². The zero-order valence-corrected chi connectivity index (χ0v) is 17.1. The molecule has 152 valence electrons. The van der Waals surface area contributed by atoms with Gasteiger partial charge in [0.1, 0.15) is 0 Å². The third kappa shape index (κ3) is 4.06. The summed E-state index contributed by atoms with van der Waals surface area (Å²) in [6.45, 7) is 7.11. The molecule has 3 aromatic rings. The van der Waals surface area contributed by atoms with Gasteiger partial charge in [0.25, 0.3) is 0 Å². The molecule has 0 unspecified atom stereocenters. The Morgan fingerprint density at radius 2 is 1.79 bits per heavy atom. The molecule has 0 fully saturated rings. The van der Waals surface area contributed by atoms with Gasteiger partial charge in [-0.05, 0) is 55.7 Å². The summed E-state index contributed by atoms with van der Waals surface area (Å²) in [4.78, 5) is 19.2. The maximum atomic E-state index is 12.9. The number of hydrogen-bond donors (Lipinski definition) is 0. The molecule has 1 aliphatic heterocycles. The number of aryl methyl sites for hydroxylation is 1. The predicted molar refractivity (Wildman–Crippen MR) is 112 cm³/mol. The van der Waals surface area contributed by atoms with Gasteiger partial charge in [0, 0.05) is 26.1 Å². The minimum absolute atomic E-state index is 0.167. The van der Waals surface area contributed by atoms with E-state index in [-0.39, 0.29) is 5.91 Å². The van der Waals surface area contributed by atoms with Crippen LogP contribution in [0.2, 0.25) is 0 Å². The van der Waals surface area contributed by atoms with Crippen molar-refractivity contribution >= 4 is 16.9 Å². The third-order valence-corrected chi connectivity index (χ3v) is 5.32. The van der Waals surface area contributed by atoms with Crippen LogP contribution >= 0.6 is 0 Å². The molecule has 2 aromatic carbocycles. The van der Waals surface area contributed by atoms with Crippen LogP contribution in [0, 0.1) is 0 Å². The number of benzene rings is 2. The Hall–Kier alpha value is -3.02. The summed E-state index contributed by atoms with van der Waals surface area (Å²) in [5.74, 6) is 1.72. The highest BCUT2D eigenvalue weighted by Gasteiger charge is 2.23. The monoisotopic (exact) mass is 393 g/mol. The molecule has 1 amide bonds. The number of carbonyl (C=O) groups excluding carboxylic acids is 1. The number of fused-ring (bicyclic) bond motifs is 2. The molecule has 0 atom stereocenters. The first-order valence-electron chi connectivity index (χ1n) is 10.3. The average Bonchev–Trinajstić information content (AvgIpc) is 3.15. The lowest BCUT2D eigenvalue weighted by Crippen LogP contribution is -2.36. The second kappa shape index (κ2) is 8.55. The molecular weight excluding hydrogens is 366 g/mol. The van der Waals surface area contributed by atoms with Crippen LogP contribution in [0.1, 0.15) is 31.4 Å². The van der Waals surface area contributed by atoms with Crippen LogP contribution in [0.4, 0.5) is 0 Å². The van der Waals surface area contributed by atoms with Crippen molar-refractivity contribution in [2.24, 2.45) is 0 Å². The summed E-state index contributed by atoms with van der Waals surface area (Å²) < 4.78 is 13.5. The van der Waals surface area contributed by atoms with Gasteiger partial charge in [-0.25, -0.2) is 4.98 Å². The largest absolute Gasteiger partial charge is 0.490 e. The Morgan fingerprint density at radius 1 is 1.07 bits per heavy atom. The number of amides is 1. The summed E-state index contributed by atoms with van der Waals surface area (Å²) in [6, 6.07) is 12.1. The van der Waals surface area contributed by atoms with Crippen molar-refractivity contribution in [3.63, 3.8) is 0 Å². The summed E-state index contributed by atoms with van der Waals surface area (Å²) >= 11 is 0. The van der Waals surface area contributed by atoms with Crippen molar-refractivity contribution in [2.45, 2.75) is 39.8 Å². The molecule has 0 spiro atoms. The Labute approximate surface area is 171 Å². The number of rotatable bonds is 7. The summed E-state index contributed by atoms with van der Waals surface area (Å²) in [7, 11) is 0. The standard InChI is InChI=1S/C23H27N3O3/c1-3-28-21-13-17-9-11-25(15-18(17)14-22(21)29-4-2)23(27)10-12-26-16-24-19-7-5-6-8-20(19)26/h5-8,13-14,16H,3-4,9-12,15H2,1-2H3. The van der Waals surface area contributed by atoms with E-state index in [1.165, 1.54) is 5.56 Å². The van der Waals surface area contributed by atoms with E-state index in [4.69, 9.17) is 9.47 Å². The van der Waals surface area contributed by atoms with Crippen molar-refractivity contribution in [3.8, 4) is 11.5 Å². The summed E-state index contributed by atoms with van der Waals surface area (Å²) in [6.07, 6.45) is 3.11. The first kappa shape index (κ1) is 19.3. The van der Waals surface area contributed by atoms with Crippen molar-refractivity contribution in [1.82, 2.24) is 14.5 Å². The Kier molecular flexibility index (Phi) is 5.69. The predicted octanol–water partition coefficient (Wildman–Crippen LogP) is 3.81. The SMILES string of the molecule is CCOc1cc2c(cc1OCC)CN(C(=O)CCn1cnc3ccccc31)CC2. The maximum Gasteiger partial charge on any atom is 0.224 e. The molecule has 1 aromatic heterocycles. The first-order chi connectivity index (χ1) is 14.2. The van der Waals surface area contributed by atoms with E-state index >= 15 is 0 Å². The van der Waals surface area contributed by atoms with Crippen molar-refractivity contribution < 1.29 is 14.3 Å². The van der Waals surface area contributed by atoms with E-state index in [1.807, 2.05) is 60.0 Å². The van der Waals surface area contributed by atoms with E-state index < -0.39 is 0 Å². The second-order valence-electron chi connectivity index (χ2n) is 7.18. The van der Waals surface area contributed by atoms with Crippen molar-refractivity contribution in [2.75, 3.05) is 19.8 Å². The van der Waals surface area contributed by atoms with Crippen molar-refractivity contribution in [1.29, 1.82) is 0 Å². The van der Waals surface area contributed by atoms with Crippen LogP contribution in [0.15, 0.2) is 42.7 Å². The number of carbonyl (C=O) groups is 1. The fourth-order valence-electron chi connectivity index (χ4n) is 3.88. The van der Waals surface area contributed by atoms with E-state index in [9.17, 15) is 4.79 Å². The van der Waals surface area contributed by atoms with Crippen LogP contribution in [0.5, 0.6) is 11.5 Å². The molecule has 0 N–H and O–H groups in total. The number of aromatic nitrogens is 2. The van der Waals surface area contributed by atoms with E-state index in [1.54, 1.807) is 0 Å². The fourth-order valence-corrected chi connectivity index (χ4v) is 3.88. The highest BCUT2D eigenvalue weighted by Crippen LogP contribution is 2.34. The van der Waals surface area contributed by atoms with E-state index in [0.717, 1.165) is 41.1 Å². The fraction of sp³-hybridized carbons (Fsp3) is 0.391. The van der Waals surface area contributed by atoms with Crippen LogP contribution in [-0.4, -0.2) is 40.1 Å². The van der Waals surface area contributed by atoms with Gasteiger partial charge in [0.2, 0.25) is 5.91 Å². The molecule has 0 bridgehead atoms. The van der Waals surface area contributed by atoms with Gasteiger partial charge in [0.15, 0.2) is 11.5 Å². The number of ether oxygens (including phenoxy) is 2. The lowest BCUT2D eigenvalue weighted by atomic mass is 9.98. The zero-order chi connectivity index (χ0) is 20.2. The van der Waals surface area contributed by atoms with Gasteiger partial charge in [-0.15, -0.1) is 0 Å². The summed E-state index contributed by atoms with van der Waals surface area (Å²) in [5, 5.41) is 0. The van der Waals surface area contributed by atoms with Gasteiger partial charge < -0.3 is 18.9 Å². The molecule has 0 saturated heterocycles. The molecule has 0 saturated carbocycles. The highest BCUT2D eigenvalue weighted by molar-refractivity contribution is 5.78. The second-order valence-corrected chi connectivity index (χ2v) is 7.18. The molecule has 4 rings (SSSR count). The van der Waals surface area contributed by atoms with Gasteiger partial charge in [-0.2, -0.15) is 0 Å². The van der Waals surface area contributed by atoms with Crippen LogP contribution in [-0.2, 0) is 24.3 Å². The summed E-state index contributed by atoms with van der Waals surface area (Å²) in [5.41, 5.74) is 4.40. The number of hydrogen-bond acceptors (Lipinski definition) is 4. The molecule has 2 heterocycles. The van der Waals surface area contributed by atoms with Crippen LogP contribution < -0.4 is 9.47 Å². The number of imidazole rings is 1. The van der Waals surface area contributed by atoms with Crippen LogP contribution in [0.25, 0.3) is 11.0 Å². The molecule has 1 aliphatic rings. The van der Waals surface area contributed by atoms with Crippen LogP contribution in [0.3, 0.4) is 0 Å². The first-order valence-corrected chi connectivity index (χ1v) is 10.3. The Morgan fingerprint density at radius 3 is 2.55 bits per heavy atom. The van der Waals surface area contributed by atoms with Gasteiger partial charge in [0.05, 0.1) is 30.6 Å². The Bertz CT molecular complexity index is 1010. The molecular formula is C23H27N3O3. The topological polar surface area (TPSA) is 56.6 Å². The maximum absolute atomic E-state index is 12.9. The Balaban J connectivity index is 1.44. The molecule has 6 nitrogen and oxygen atoms in total.